The fourth-order valence-electron chi connectivity index (χ4n) is 2.27. The first-order chi connectivity index (χ1) is 9.51. The van der Waals surface area contributed by atoms with Gasteiger partial charge in [0.25, 0.3) is 0 Å². The van der Waals surface area contributed by atoms with Gasteiger partial charge in [0, 0.05) is 17.2 Å². The number of hydrogen-bond acceptors (Lipinski definition) is 2. The van der Waals surface area contributed by atoms with Crippen molar-refractivity contribution in [2.45, 2.75) is 26.3 Å². The van der Waals surface area contributed by atoms with Crippen LogP contribution in [0.3, 0.4) is 0 Å². The molecule has 0 aliphatic heterocycles. The Kier molecular flexibility index (Phi) is 2.97. The molecule has 2 N–H and O–H groups in total. The summed E-state index contributed by atoms with van der Waals surface area (Å²) >= 11 is 0. The lowest BCUT2D eigenvalue weighted by atomic mass is 10.1. The minimum atomic E-state index is 0.00977. The molecule has 3 heteroatoms. The maximum atomic E-state index is 4.32. The van der Waals surface area contributed by atoms with Gasteiger partial charge in [-0.25, -0.2) is 0 Å². The normalized spacial score (nSPS) is 11.8. The molecule has 0 aliphatic carbocycles. The summed E-state index contributed by atoms with van der Waals surface area (Å²) in [6.45, 7) is 6.37. The van der Waals surface area contributed by atoms with Gasteiger partial charge < -0.3 is 5.32 Å². The van der Waals surface area contributed by atoms with Crippen LogP contribution in [-0.2, 0) is 0 Å². The average molecular weight is 265 g/mol. The van der Waals surface area contributed by atoms with E-state index in [-0.39, 0.29) is 5.54 Å². The number of nitrogens with one attached hydrogen (secondary N) is 2. The van der Waals surface area contributed by atoms with Gasteiger partial charge in [-0.2, -0.15) is 5.10 Å². The highest BCUT2D eigenvalue weighted by Crippen LogP contribution is 2.25. The molecule has 0 atom stereocenters. The van der Waals surface area contributed by atoms with E-state index in [9.17, 15) is 0 Å². The van der Waals surface area contributed by atoms with Crippen LogP contribution in [0.1, 0.15) is 20.8 Å². The fraction of sp³-hybridized carbons (Fsp3) is 0.235. The van der Waals surface area contributed by atoms with Crippen LogP contribution in [0.4, 0.5) is 5.82 Å². The van der Waals surface area contributed by atoms with Crippen molar-refractivity contribution in [1.29, 1.82) is 0 Å². The summed E-state index contributed by atoms with van der Waals surface area (Å²) < 4.78 is 0. The molecule has 0 radical (unpaired) electrons. The van der Waals surface area contributed by atoms with Crippen molar-refractivity contribution in [3.63, 3.8) is 0 Å². The topological polar surface area (TPSA) is 40.7 Å². The Morgan fingerprint density at radius 1 is 0.950 bits per heavy atom. The Labute approximate surface area is 119 Å². The number of anilines is 1. The van der Waals surface area contributed by atoms with E-state index in [1.165, 1.54) is 10.8 Å². The molecular formula is C17H19N3. The maximum Gasteiger partial charge on any atom is 0.148 e. The first-order valence-corrected chi connectivity index (χ1v) is 6.84. The third kappa shape index (κ3) is 2.67. The van der Waals surface area contributed by atoms with E-state index in [1.807, 2.05) is 0 Å². The van der Waals surface area contributed by atoms with Crippen molar-refractivity contribution in [3.05, 3.63) is 48.5 Å². The van der Waals surface area contributed by atoms with Crippen LogP contribution in [0.2, 0.25) is 0 Å². The Hall–Kier alpha value is -2.29. The molecule has 20 heavy (non-hydrogen) atoms. The van der Waals surface area contributed by atoms with Crippen molar-refractivity contribution in [3.8, 4) is 11.3 Å². The van der Waals surface area contributed by atoms with Gasteiger partial charge in [0.15, 0.2) is 0 Å². The molecule has 1 heterocycles. The van der Waals surface area contributed by atoms with Crippen LogP contribution in [-0.4, -0.2) is 15.7 Å². The van der Waals surface area contributed by atoms with E-state index < -0.39 is 0 Å². The van der Waals surface area contributed by atoms with E-state index in [2.05, 4.69) is 84.8 Å². The van der Waals surface area contributed by atoms with Gasteiger partial charge >= 0.3 is 0 Å². The molecule has 1 aromatic heterocycles. The van der Waals surface area contributed by atoms with Gasteiger partial charge in [0.2, 0.25) is 0 Å². The van der Waals surface area contributed by atoms with Crippen molar-refractivity contribution in [1.82, 2.24) is 10.2 Å². The second-order valence-electron chi connectivity index (χ2n) is 6.10. The molecule has 2 aromatic carbocycles. The Balaban J connectivity index is 1.95. The lowest BCUT2D eigenvalue weighted by Crippen LogP contribution is -2.26. The zero-order chi connectivity index (χ0) is 14.2. The molecule has 3 aromatic rings. The van der Waals surface area contributed by atoms with Gasteiger partial charge in [-0.15, -0.1) is 0 Å². The van der Waals surface area contributed by atoms with Gasteiger partial charge in [0.05, 0.1) is 5.69 Å². The van der Waals surface area contributed by atoms with Crippen molar-refractivity contribution >= 4 is 16.6 Å². The molecular weight excluding hydrogens is 246 g/mol. The van der Waals surface area contributed by atoms with Crippen LogP contribution < -0.4 is 5.32 Å². The van der Waals surface area contributed by atoms with Crippen molar-refractivity contribution < 1.29 is 0 Å². The molecule has 0 saturated carbocycles. The molecule has 0 amide bonds. The van der Waals surface area contributed by atoms with Crippen LogP contribution in [0.15, 0.2) is 48.5 Å². The molecule has 0 fully saturated rings. The number of benzene rings is 2. The molecule has 0 unspecified atom stereocenters. The second-order valence-corrected chi connectivity index (χ2v) is 6.10. The van der Waals surface area contributed by atoms with Crippen molar-refractivity contribution in [2.24, 2.45) is 0 Å². The lowest BCUT2D eigenvalue weighted by Gasteiger charge is -2.19. The van der Waals surface area contributed by atoms with Crippen LogP contribution in [0.5, 0.6) is 0 Å². The molecule has 102 valence electrons. The zero-order valence-corrected chi connectivity index (χ0v) is 12.1. The summed E-state index contributed by atoms with van der Waals surface area (Å²) in [5.41, 5.74) is 2.19. The first-order valence-electron chi connectivity index (χ1n) is 6.84. The van der Waals surface area contributed by atoms with Gasteiger partial charge in [-0.1, -0.05) is 36.4 Å². The summed E-state index contributed by atoms with van der Waals surface area (Å²) in [4.78, 5) is 0. The summed E-state index contributed by atoms with van der Waals surface area (Å²) in [5.74, 6) is 0.876. The highest BCUT2D eigenvalue weighted by atomic mass is 15.2. The van der Waals surface area contributed by atoms with E-state index in [0.717, 1.165) is 17.1 Å². The predicted molar refractivity (Wildman–Crippen MR) is 84.9 cm³/mol. The summed E-state index contributed by atoms with van der Waals surface area (Å²) in [7, 11) is 0. The Morgan fingerprint density at radius 2 is 1.70 bits per heavy atom. The summed E-state index contributed by atoms with van der Waals surface area (Å²) in [6, 6.07) is 16.9. The highest BCUT2D eigenvalue weighted by Gasteiger charge is 2.12. The third-order valence-electron chi connectivity index (χ3n) is 3.14. The number of aromatic amines is 1. The van der Waals surface area contributed by atoms with Gasteiger partial charge in [0.1, 0.15) is 5.82 Å². The highest BCUT2D eigenvalue weighted by molar-refractivity contribution is 5.86. The van der Waals surface area contributed by atoms with Gasteiger partial charge in [-0.05, 0) is 37.6 Å². The third-order valence-corrected chi connectivity index (χ3v) is 3.14. The number of aromatic nitrogens is 2. The standard InChI is InChI=1S/C17H19N3/c1-17(2,3)18-16-11-15(19-20-16)14-9-8-12-6-4-5-7-13(12)10-14/h4-11H,1-3H3,(H2,18,19,20). The summed E-state index contributed by atoms with van der Waals surface area (Å²) in [5, 5.41) is 13.3. The zero-order valence-electron chi connectivity index (χ0n) is 12.1. The van der Waals surface area contributed by atoms with E-state index in [4.69, 9.17) is 0 Å². The largest absolute Gasteiger partial charge is 0.364 e. The van der Waals surface area contributed by atoms with Crippen LogP contribution >= 0.6 is 0 Å². The summed E-state index contributed by atoms with van der Waals surface area (Å²) in [6.07, 6.45) is 0. The molecule has 3 rings (SSSR count). The number of hydrogen-bond donors (Lipinski definition) is 2. The number of nitrogens with zero attached hydrogens (tertiary/aromatic N) is 1. The molecule has 3 nitrogen and oxygen atoms in total. The predicted octanol–water partition coefficient (Wildman–Crippen LogP) is 4.44. The molecule has 0 spiro atoms. The number of fused-ring (bicyclic) bond motifs is 1. The quantitative estimate of drug-likeness (QED) is 0.719. The SMILES string of the molecule is CC(C)(C)Nc1cc(-c2ccc3ccccc3c2)[nH]n1. The molecule has 0 aliphatic rings. The molecule has 0 saturated heterocycles. The lowest BCUT2D eigenvalue weighted by molar-refractivity contribution is 0.630. The minimum Gasteiger partial charge on any atom is -0.364 e. The van der Waals surface area contributed by atoms with E-state index >= 15 is 0 Å². The van der Waals surface area contributed by atoms with E-state index in [1.54, 1.807) is 0 Å². The van der Waals surface area contributed by atoms with E-state index in [0.29, 0.717) is 0 Å². The number of H-pyrrole nitrogens is 1. The Morgan fingerprint density at radius 3 is 2.45 bits per heavy atom. The van der Waals surface area contributed by atoms with Crippen LogP contribution in [0, 0.1) is 0 Å². The number of rotatable bonds is 2. The average Bonchev–Trinajstić information content (AvgIpc) is 2.84. The van der Waals surface area contributed by atoms with Gasteiger partial charge in [-0.3, -0.25) is 5.10 Å². The Bertz CT molecular complexity index is 735. The fourth-order valence-corrected chi connectivity index (χ4v) is 2.27. The maximum absolute atomic E-state index is 4.32. The minimum absolute atomic E-state index is 0.00977. The second kappa shape index (κ2) is 4.67. The molecule has 0 bridgehead atoms. The monoisotopic (exact) mass is 265 g/mol. The smallest absolute Gasteiger partial charge is 0.148 e. The van der Waals surface area contributed by atoms with Crippen molar-refractivity contribution in [2.75, 3.05) is 5.32 Å². The van der Waals surface area contributed by atoms with Crippen LogP contribution in [0.25, 0.3) is 22.0 Å². The first kappa shape index (κ1) is 12.7.